The molecule has 1 saturated heterocycles. The van der Waals surface area contributed by atoms with Gasteiger partial charge in [-0.05, 0) is 36.5 Å². The van der Waals surface area contributed by atoms with Gasteiger partial charge in [-0.15, -0.1) is 0 Å². The number of hydrogen-bond acceptors (Lipinski definition) is 8. The molecule has 1 aromatic carbocycles. The highest BCUT2D eigenvalue weighted by molar-refractivity contribution is 5.60. The van der Waals surface area contributed by atoms with E-state index in [9.17, 15) is 0 Å². The van der Waals surface area contributed by atoms with Gasteiger partial charge >= 0.3 is 0 Å². The van der Waals surface area contributed by atoms with Gasteiger partial charge in [-0.2, -0.15) is 20.1 Å². The molecule has 5 rings (SSSR count). The molecular weight excluding hydrogens is 404 g/mol. The largest absolute Gasteiger partial charge is 0.463 e. The van der Waals surface area contributed by atoms with Crippen molar-refractivity contribution in [3.8, 4) is 11.5 Å². The van der Waals surface area contributed by atoms with Crippen LogP contribution in [0.5, 0.6) is 0 Å². The first-order chi connectivity index (χ1) is 15.7. The fraction of sp³-hybridized carbons (Fsp3) is 0.304. The Labute approximate surface area is 186 Å². The first kappa shape index (κ1) is 20.0. The monoisotopic (exact) mass is 430 g/mol. The zero-order chi connectivity index (χ0) is 21.8. The quantitative estimate of drug-likeness (QED) is 0.395. The number of aromatic nitrogens is 5. The van der Waals surface area contributed by atoms with Crippen molar-refractivity contribution < 1.29 is 4.42 Å². The van der Waals surface area contributed by atoms with Crippen molar-refractivity contribution in [2.45, 2.75) is 26.3 Å². The van der Waals surface area contributed by atoms with Crippen LogP contribution in [0.4, 0.5) is 23.7 Å². The maximum Gasteiger partial charge on any atom is 0.235 e. The predicted octanol–water partition coefficient (Wildman–Crippen LogP) is 4.45. The summed E-state index contributed by atoms with van der Waals surface area (Å²) in [5, 5.41) is 13.8. The lowest BCUT2D eigenvalue weighted by Gasteiger charge is -2.30. The van der Waals surface area contributed by atoms with Crippen LogP contribution in [-0.4, -0.2) is 38.2 Å². The van der Waals surface area contributed by atoms with E-state index in [-0.39, 0.29) is 0 Å². The third kappa shape index (κ3) is 4.72. The second-order valence-corrected chi connectivity index (χ2v) is 8.06. The molecule has 32 heavy (non-hydrogen) atoms. The zero-order valence-electron chi connectivity index (χ0n) is 18.0. The molecule has 1 aliphatic rings. The fourth-order valence-corrected chi connectivity index (χ4v) is 3.69. The predicted molar refractivity (Wildman–Crippen MR) is 124 cm³/mol. The molecule has 0 spiro atoms. The third-order valence-corrected chi connectivity index (χ3v) is 5.59. The summed E-state index contributed by atoms with van der Waals surface area (Å²) >= 11 is 0. The average Bonchev–Trinajstić information content (AvgIpc) is 3.51. The number of anilines is 4. The third-order valence-electron chi connectivity index (χ3n) is 5.59. The Morgan fingerprint density at radius 2 is 1.84 bits per heavy atom. The van der Waals surface area contributed by atoms with Crippen molar-refractivity contribution in [1.29, 1.82) is 0 Å². The smallest absolute Gasteiger partial charge is 0.235 e. The summed E-state index contributed by atoms with van der Waals surface area (Å²) in [6, 6.07) is 15.8. The van der Waals surface area contributed by atoms with Crippen molar-refractivity contribution >= 4 is 23.7 Å². The summed E-state index contributed by atoms with van der Waals surface area (Å²) in [6.45, 7) is 4.80. The first-order valence-corrected chi connectivity index (χ1v) is 10.9. The topological polar surface area (TPSA) is 108 Å². The maximum atomic E-state index is 5.43. The van der Waals surface area contributed by atoms with Crippen LogP contribution in [0.2, 0.25) is 0 Å². The van der Waals surface area contributed by atoms with E-state index in [0.29, 0.717) is 30.2 Å². The number of nitrogens with one attached hydrogen (secondary N) is 3. The molecule has 9 nitrogen and oxygen atoms in total. The Balaban J connectivity index is 1.38. The van der Waals surface area contributed by atoms with Gasteiger partial charge in [0, 0.05) is 25.7 Å². The number of nitrogens with zero attached hydrogens (tertiary/aromatic N) is 5. The molecule has 9 heteroatoms. The Morgan fingerprint density at radius 3 is 2.62 bits per heavy atom. The van der Waals surface area contributed by atoms with Gasteiger partial charge in [-0.1, -0.05) is 37.3 Å². The molecule has 164 valence electrons. The highest BCUT2D eigenvalue weighted by atomic mass is 16.3. The van der Waals surface area contributed by atoms with Crippen LogP contribution in [0.15, 0.2) is 59.2 Å². The second kappa shape index (κ2) is 9.09. The van der Waals surface area contributed by atoms with Crippen LogP contribution in [0.25, 0.3) is 11.5 Å². The molecule has 0 aliphatic carbocycles. The van der Waals surface area contributed by atoms with Gasteiger partial charge in [0.05, 0.1) is 6.26 Å². The molecular formula is C23H26N8O. The van der Waals surface area contributed by atoms with Gasteiger partial charge < -0.3 is 20.0 Å². The summed E-state index contributed by atoms with van der Waals surface area (Å²) in [6.07, 6.45) is 3.89. The van der Waals surface area contributed by atoms with E-state index in [1.807, 2.05) is 36.4 Å². The number of H-pyrrole nitrogens is 1. The minimum Gasteiger partial charge on any atom is -0.463 e. The van der Waals surface area contributed by atoms with E-state index >= 15 is 0 Å². The Kier molecular flexibility index (Phi) is 5.69. The molecule has 0 atom stereocenters. The lowest BCUT2D eigenvalue weighted by molar-refractivity contribution is 0.434. The van der Waals surface area contributed by atoms with E-state index in [2.05, 4.69) is 54.8 Å². The SMILES string of the molecule is CC1CCN(c2nc(NCc3ccccc3)nc(Nc3cc(-c4ccco4)[nH]n3)n2)CC1. The number of benzene rings is 1. The minimum absolute atomic E-state index is 0.446. The molecule has 0 radical (unpaired) electrons. The van der Waals surface area contributed by atoms with Gasteiger partial charge in [-0.25, -0.2) is 0 Å². The van der Waals surface area contributed by atoms with Crippen LogP contribution >= 0.6 is 0 Å². The molecule has 3 aromatic heterocycles. The molecule has 0 bridgehead atoms. The average molecular weight is 431 g/mol. The summed E-state index contributed by atoms with van der Waals surface area (Å²) in [5.74, 6) is 3.70. The second-order valence-electron chi connectivity index (χ2n) is 8.06. The van der Waals surface area contributed by atoms with Crippen molar-refractivity contribution in [1.82, 2.24) is 25.1 Å². The fourth-order valence-electron chi connectivity index (χ4n) is 3.69. The number of hydrogen-bond donors (Lipinski definition) is 3. The molecule has 0 saturated carbocycles. The van der Waals surface area contributed by atoms with Crippen LogP contribution < -0.4 is 15.5 Å². The number of aromatic amines is 1. The van der Waals surface area contributed by atoms with Crippen molar-refractivity contribution in [2.75, 3.05) is 28.6 Å². The molecule has 4 aromatic rings. The number of piperidine rings is 1. The van der Waals surface area contributed by atoms with Crippen molar-refractivity contribution in [3.05, 3.63) is 60.4 Å². The lowest BCUT2D eigenvalue weighted by Crippen LogP contribution is -2.34. The van der Waals surface area contributed by atoms with Gasteiger partial charge in [0.2, 0.25) is 17.8 Å². The summed E-state index contributed by atoms with van der Waals surface area (Å²) in [5.41, 5.74) is 1.94. The summed E-state index contributed by atoms with van der Waals surface area (Å²) in [4.78, 5) is 16.2. The van der Waals surface area contributed by atoms with Gasteiger partial charge in [0.25, 0.3) is 0 Å². The zero-order valence-corrected chi connectivity index (χ0v) is 18.0. The Hall–Kier alpha value is -3.88. The van der Waals surface area contributed by atoms with E-state index in [1.54, 1.807) is 6.26 Å². The van der Waals surface area contributed by atoms with E-state index in [1.165, 1.54) is 0 Å². The Bertz CT molecular complexity index is 1130. The van der Waals surface area contributed by atoms with E-state index in [0.717, 1.165) is 48.9 Å². The standard InChI is InChI=1S/C23H26N8O/c1-16-9-11-31(12-10-16)23-27-21(24-15-17-6-3-2-4-7-17)26-22(28-23)25-20-14-18(29-30-20)19-8-5-13-32-19/h2-8,13-14,16H,9-12,15H2,1H3,(H3,24,25,26,27,28,29,30). The summed E-state index contributed by atoms with van der Waals surface area (Å²) < 4.78 is 5.43. The normalized spacial score (nSPS) is 14.5. The maximum absolute atomic E-state index is 5.43. The summed E-state index contributed by atoms with van der Waals surface area (Å²) in [7, 11) is 0. The minimum atomic E-state index is 0.446. The van der Waals surface area contributed by atoms with Crippen LogP contribution in [-0.2, 0) is 6.54 Å². The molecule has 0 unspecified atom stereocenters. The molecule has 1 fully saturated rings. The Morgan fingerprint density at radius 1 is 1.03 bits per heavy atom. The number of rotatable bonds is 7. The molecule has 3 N–H and O–H groups in total. The van der Waals surface area contributed by atoms with E-state index < -0.39 is 0 Å². The first-order valence-electron chi connectivity index (χ1n) is 10.9. The van der Waals surface area contributed by atoms with Crippen LogP contribution in [0.1, 0.15) is 25.3 Å². The van der Waals surface area contributed by atoms with Gasteiger partial charge in [0.1, 0.15) is 5.69 Å². The molecule has 4 heterocycles. The molecule has 1 aliphatic heterocycles. The van der Waals surface area contributed by atoms with Crippen molar-refractivity contribution in [3.63, 3.8) is 0 Å². The van der Waals surface area contributed by atoms with E-state index in [4.69, 9.17) is 9.40 Å². The van der Waals surface area contributed by atoms with Gasteiger partial charge in [-0.3, -0.25) is 5.10 Å². The lowest BCUT2D eigenvalue weighted by atomic mass is 10.00. The van der Waals surface area contributed by atoms with Crippen molar-refractivity contribution in [2.24, 2.45) is 5.92 Å². The van der Waals surface area contributed by atoms with Crippen LogP contribution in [0, 0.1) is 5.92 Å². The highest BCUT2D eigenvalue weighted by Crippen LogP contribution is 2.24. The number of furan rings is 1. The highest BCUT2D eigenvalue weighted by Gasteiger charge is 2.20. The van der Waals surface area contributed by atoms with Gasteiger partial charge in [0.15, 0.2) is 11.6 Å². The van der Waals surface area contributed by atoms with Crippen LogP contribution in [0.3, 0.4) is 0 Å². The molecule has 0 amide bonds.